The molecule has 0 aromatic heterocycles. The van der Waals surface area contributed by atoms with E-state index >= 15 is 0 Å². The first-order valence-electron chi connectivity index (χ1n) is 8.30. The Labute approximate surface area is 144 Å². The number of rotatable bonds is 5. The average molecular weight is 353 g/mol. The largest absolute Gasteiger partial charge is 0.338 e. The summed E-state index contributed by atoms with van der Waals surface area (Å²) in [6, 6.07) is 6.67. The van der Waals surface area contributed by atoms with E-state index in [1.807, 2.05) is 11.8 Å². The van der Waals surface area contributed by atoms with Crippen LogP contribution in [0, 0.1) is 5.41 Å². The first kappa shape index (κ1) is 18.7. The molecule has 0 spiro atoms. The number of nitrogens with zero attached hydrogens (tertiary/aromatic N) is 1. The van der Waals surface area contributed by atoms with Gasteiger partial charge >= 0.3 is 0 Å². The van der Waals surface area contributed by atoms with Gasteiger partial charge in [0.15, 0.2) is 0 Å². The van der Waals surface area contributed by atoms with E-state index in [1.54, 1.807) is 24.3 Å². The summed E-state index contributed by atoms with van der Waals surface area (Å²) in [4.78, 5) is 14.5. The minimum absolute atomic E-state index is 0.0436. The highest BCUT2D eigenvalue weighted by atomic mass is 32.2. The predicted molar refractivity (Wildman–Crippen MR) is 96.4 cm³/mol. The molecule has 0 radical (unpaired) electrons. The number of likely N-dealkylation sites (tertiary alicyclic amines) is 1. The summed E-state index contributed by atoms with van der Waals surface area (Å²) in [6.07, 6.45) is 1.34. The second-order valence-corrected chi connectivity index (χ2v) is 8.95. The van der Waals surface area contributed by atoms with Gasteiger partial charge in [0.25, 0.3) is 5.91 Å². The van der Waals surface area contributed by atoms with E-state index in [0.29, 0.717) is 30.8 Å². The highest BCUT2D eigenvalue weighted by Gasteiger charge is 2.35. The maximum Gasteiger partial charge on any atom is 0.253 e. The van der Waals surface area contributed by atoms with Crippen LogP contribution < -0.4 is 10.5 Å². The van der Waals surface area contributed by atoms with Crippen molar-refractivity contribution in [2.75, 3.05) is 23.6 Å². The van der Waals surface area contributed by atoms with Gasteiger partial charge in [-0.1, -0.05) is 20.8 Å². The molecule has 1 aliphatic heterocycles. The van der Waals surface area contributed by atoms with Gasteiger partial charge in [-0.25, -0.2) is 8.42 Å². The highest BCUT2D eigenvalue weighted by molar-refractivity contribution is 7.92. The third-order valence-corrected chi connectivity index (χ3v) is 5.97. The molecule has 1 atom stereocenters. The van der Waals surface area contributed by atoms with Crippen LogP contribution in [0.1, 0.15) is 44.0 Å². The van der Waals surface area contributed by atoms with Crippen molar-refractivity contribution in [3.8, 4) is 0 Å². The minimum Gasteiger partial charge on any atom is -0.338 e. The smallest absolute Gasteiger partial charge is 0.253 e. The number of nitrogens with one attached hydrogen (secondary N) is 1. The molecule has 1 aromatic rings. The lowest BCUT2D eigenvalue weighted by Gasteiger charge is -2.42. The van der Waals surface area contributed by atoms with Crippen LogP contribution in [0.2, 0.25) is 0 Å². The fourth-order valence-electron chi connectivity index (χ4n) is 2.91. The van der Waals surface area contributed by atoms with Crippen LogP contribution in [-0.4, -0.2) is 44.1 Å². The molecule has 0 aliphatic carbocycles. The van der Waals surface area contributed by atoms with Crippen molar-refractivity contribution < 1.29 is 13.2 Å². The van der Waals surface area contributed by atoms with Gasteiger partial charge in [0.2, 0.25) is 10.0 Å². The van der Waals surface area contributed by atoms with E-state index in [9.17, 15) is 13.2 Å². The van der Waals surface area contributed by atoms with E-state index in [1.165, 1.54) is 0 Å². The zero-order chi connectivity index (χ0) is 18.0. The summed E-state index contributed by atoms with van der Waals surface area (Å²) >= 11 is 0. The molecule has 1 heterocycles. The average Bonchev–Trinajstić information content (AvgIpc) is 2.49. The Bertz CT molecular complexity index is 684. The highest BCUT2D eigenvalue weighted by Crippen LogP contribution is 2.28. The summed E-state index contributed by atoms with van der Waals surface area (Å²) in [7, 11) is -3.32. The molecule has 134 valence electrons. The van der Waals surface area contributed by atoms with E-state index in [2.05, 4.69) is 18.6 Å². The number of nitrogens with two attached hydrogens (primary N) is 1. The van der Waals surface area contributed by atoms with Gasteiger partial charge in [-0.3, -0.25) is 9.52 Å². The molecular formula is C17H27N3O3S. The molecule has 1 unspecified atom stereocenters. The zero-order valence-electron chi connectivity index (χ0n) is 14.6. The minimum atomic E-state index is -3.32. The molecule has 1 aliphatic rings. The van der Waals surface area contributed by atoms with E-state index in [-0.39, 0.29) is 23.1 Å². The number of carbonyl (C=O) groups is 1. The summed E-state index contributed by atoms with van der Waals surface area (Å²) < 4.78 is 26.1. The third kappa shape index (κ3) is 4.48. The van der Waals surface area contributed by atoms with Crippen molar-refractivity contribution in [1.29, 1.82) is 0 Å². The number of hydrogen-bond donors (Lipinski definition) is 2. The number of anilines is 1. The lowest BCUT2D eigenvalue weighted by Crippen LogP contribution is -2.53. The number of carbonyl (C=O) groups excluding carboxylic acids is 1. The maximum atomic E-state index is 12.6. The molecule has 1 aromatic carbocycles. The van der Waals surface area contributed by atoms with E-state index < -0.39 is 10.0 Å². The van der Waals surface area contributed by atoms with Crippen molar-refractivity contribution in [2.45, 2.75) is 39.7 Å². The first-order valence-corrected chi connectivity index (χ1v) is 9.95. The van der Waals surface area contributed by atoms with Crippen LogP contribution in [0.4, 0.5) is 5.69 Å². The lowest BCUT2D eigenvalue weighted by atomic mass is 9.79. The SMILES string of the molecule is CCCS(=O)(=O)Nc1ccc(C(=O)N2CCC(N)C(C)(C)C2)cc1. The van der Waals surface area contributed by atoms with Crippen molar-refractivity contribution in [2.24, 2.45) is 11.1 Å². The molecule has 6 nitrogen and oxygen atoms in total. The normalized spacial score (nSPS) is 20.7. The van der Waals surface area contributed by atoms with Crippen LogP contribution in [-0.2, 0) is 10.0 Å². The van der Waals surface area contributed by atoms with Gasteiger partial charge in [-0.2, -0.15) is 0 Å². The van der Waals surface area contributed by atoms with E-state index in [4.69, 9.17) is 5.73 Å². The van der Waals surface area contributed by atoms with Gasteiger partial charge in [0.1, 0.15) is 0 Å². The van der Waals surface area contributed by atoms with Gasteiger partial charge in [0.05, 0.1) is 5.75 Å². The lowest BCUT2D eigenvalue weighted by molar-refractivity contribution is 0.0533. The Morgan fingerprint density at radius 3 is 2.50 bits per heavy atom. The number of sulfonamides is 1. The molecule has 0 saturated carbocycles. The van der Waals surface area contributed by atoms with Crippen LogP contribution in [0.3, 0.4) is 0 Å². The molecule has 7 heteroatoms. The van der Waals surface area contributed by atoms with Crippen molar-refractivity contribution in [3.05, 3.63) is 29.8 Å². The number of piperidine rings is 1. The summed E-state index contributed by atoms with van der Waals surface area (Å²) in [5.74, 6) is 0.0366. The molecule has 2 rings (SSSR count). The molecule has 3 N–H and O–H groups in total. The summed E-state index contributed by atoms with van der Waals surface area (Å²) in [5.41, 5.74) is 7.03. The van der Waals surface area contributed by atoms with Crippen LogP contribution in [0.25, 0.3) is 0 Å². The fourth-order valence-corrected chi connectivity index (χ4v) is 4.04. The van der Waals surface area contributed by atoms with Crippen LogP contribution in [0.15, 0.2) is 24.3 Å². The van der Waals surface area contributed by atoms with Crippen molar-refractivity contribution >= 4 is 21.6 Å². The second-order valence-electron chi connectivity index (χ2n) is 7.11. The molecular weight excluding hydrogens is 326 g/mol. The Balaban J connectivity index is 2.07. The monoisotopic (exact) mass is 353 g/mol. The quantitative estimate of drug-likeness (QED) is 0.847. The Morgan fingerprint density at radius 1 is 1.33 bits per heavy atom. The number of benzene rings is 1. The molecule has 1 fully saturated rings. The maximum absolute atomic E-state index is 12.6. The Kier molecular flexibility index (Phi) is 5.55. The van der Waals surface area contributed by atoms with Crippen molar-refractivity contribution in [1.82, 2.24) is 4.90 Å². The standard InChI is InChI=1S/C17H27N3O3S/c1-4-11-24(22,23)19-14-7-5-13(6-8-14)16(21)20-10-9-15(18)17(2,3)12-20/h5-8,15,19H,4,9-12,18H2,1-3H3. The summed E-state index contributed by atoms with van der Waals surface area (Å²) in [6.45, 7) is 7.23. The predicted octanol–water partition coefficient (Wildman–Crippen LogP) is 2.04. The zero-order valence-corrected chi connectivity index (χ0v) is 15.4. The number of amides is 1. The number of hydrogen-bond acceptors (Lipinski definition) is 4. The molecule has 1 saturated heterocycles. The van der Waals surface area contributed by atoms with Crippen molar-refractivity contribution in [3.63, 3.8) is 0 Å². The van der Waals surface area contributed by atoms with Gasteiger partial charge in [-0.05, 0) is 42.5 Å². The van der Waals surface area contributed by atoms with E-state index in [0.717, 1.165) is 6.42 Å². The third-order valence-electron chi connectivity index (χ3n) is 4.48. The molecule has 24 heavy (non-hydrogen) atoms. The Hall–Kier alpha value is -1.60. The Morgan fingerprint density at radius 2 is 1.96 bits per heavy atom. The summed E-state index contributed by atoms with van der Waals surface area (Å²) in [5, 5.41) is 0. The molecule has 0 bridgehead atoms. The van der Waals surface area contributed by atoms with Crippen LogP contribution >= 0.6 is 0 Å². The van der Waals surface area contributed by atoms with Gasteiger partial charge in [0, 0.05) is 30.4 Å². The second kappa shape index (κ2) is 7.11. The topological polar surface area (TPSA) is 92.5 Å². The first-order chi connectivity index (χ1) is 11.1. The van der Waals surface area contributed by atoms with Gasteiger partial charge < -0.3 is 10.6 Å². The fraction of sp³-hybridized carbons (Fsp3) is 0.588. The van der Waals surface area contributed by atoms with Crippen LogP contribution in [0.5, 0.6) is 0 Å². The van der Waals surface area contributed by atoms with Gasteiger partial charge in [-0.15, -0.1) is 0 Å². The molecule has 1 amide bonds.